The Hall–Kier alpha value is -1.33. The molecule has 0 atom stereocenters. The molecule has 0 saturated carbocycles. The minimum absolute atomic E-state index is 0.512. The van der Waals surface area contributed by atoms with Crippen LogP contribution in [0.4, 0.5) is 0 Å². The number of rotatable bonds is 1. The highest BCUT2D eigenvalue weighted by atomic mass is 16.4. The number of aromatic nitrogens is 2. The second-order valence-electron chi connectivity index (χ2n) is 3.44. The molecule has 0 amide bonds. The molecule has 5 heteroatoms. The zero-order valence-corrected chi connectivity index (χ0v) is 8.07. The number of nitrogens with one attached hydrogen (secondary N) is 1. The third kappa shape index (κ3) is 1.22. The maximum Gasteiger partial charge on any atom is 0.490 e. The van der Waals surface area contributed by atoms with Gasteiger partial charge >= 0.3 is 7.12 Å². The van der Waals surface area contributed by atoms with Crippen LogP contribution in [0.25, 0.3) is 10.9 Å². The van der Waals surface area contributed by atoms with E-state index in [0.717, 1.165) is 16.5 Å². The van der Waals surface area contributed by atoms with Crippen molar-refractivity contribution in [3.63, 3.8) is 0 Å². The molecule has 0 bridgehead atoms. The molecule has 0 aliphatic carbocycles. The highest BCUT2D eigenvalue weighted by Gasteiger charge is 2.20. The van der Waals surface area contributed by atoms with Crippen LogP contribution in [0, 0.1) is 13.8 Å². The van der Waals surface area contributed by atoms with Gasteiger partial charge < -0.3 is 10.0 Å². The quantitative estimate of drug-likeness (QED) is 0.548. The number of H-pyrrole nitrogens is 1. The van der Waals surface area contributed by atoms with Crippen molar-refractivity contribution < 1.29 is 10.0 Å². The normalized spacial score (nSPS) is 10.9. The van der Waals surface area contributed by atoms with Crippen LogP contribution in [0.2, 0.25) is 0 Å². The van der Waals surface area contributed by atoms with Crippen LogP contribution >= 0.6 is 0 Å². The van der Waals surface area contributed by atoms with Gasteiger partial charge in [-0.05, 0) is 31.0 Å². The Balaban J connectivity index is 2.86. The van der Waals surface area contributed by atoms with Gasteiger partial charge in [0.05, 0.1) is 11.7 Å². The van der Waals surface area contributed by atoms with E-state index in [2.05, 4.69) is 10.2 Å². The Morgan fingerprint density at radius 2 is 2.07 bits per heavy atom. The summed E-state index contributed by atoms with van der Waals surface area (Å²) in [7, 11) is -1.46. The van der Waals surface area contributed by atoms with Gasteiger partial charge in [-0.2, -0.15) is 5.10 Å². The average molecular weight is 190 g/mol. The first-order valence-electron chi connectivity index (χ1n) is 4.40. The van der Waals surface area contributed by atoms with E-state index in [9.17, 15) is 10.0 Å². The van der Waals surface area contributed by atoms with Crippen molar-refractivity contribution in [2.24, 2.45) is 0 Å². The fraction of sp³-hybridized carbons (Fsp3) is 0.222. The lowest BCUT2D eigenvalue weighted by molar-refractivity contribution is 0.426. The second kappa shape index (κ2) is 3.11. The maximum absolute atomic E-state index is 9.25. The van der Waals surface area contributed by atoms with Gasteiger partial charge in [0.1, 0.15) is 0 Å². The molecule has 0 fully saturated rings. The molecule has 14 heavy (non-hydrogen) atoms. The van der Waals surface area contributed by atoms with E-state index in [4.69, 9.17) is 0 Å². The van der Waals surface area contributed by atoms with Crippen LogP contribution in [0.1, 0.15) is 11.1 Å². The molecule has 0 aliphatic rings. The van der Waals surface area contributed by atoms with E-state index in [-0.39, 0.29) is 0 Å². The second-order valence-corrected chi connectivity index (χ2v) is 3.44. The fourth-order valence-corrected chi connectivity index (χ4v) is 1.68. The summed E-state index contributed by atoms with van der Waals surface area (Å²) in [6.45, 7) is 3.80. The lowest BCUT2D eigenvalue weighted by Gasteiger charge is -2.08. The Morgan fingerprint density at radius 3 is 2.71 bits per heavy atom. The molecule has 2 rings (SSSR count). The number of aromatic amines is 1. The Morgan fingerprint density at radius 1 is 1.36 bits per heavy atom. The minimum atomic E-state index is -1.46. The molecular weight excluding hydrogens is 179 g/mol. The molecule has 0 spiro atoms. The predicted octanol–water partition coefficient (Wildman–Crippen LogP) is -0.140. The van der Waals surface area contributed by atoms with E-state index >= 15 is 0 Å². The molecule has 1 heterocycles. The maximum atomic E-state index is 9.25. The van der Waals surface area contributed by atoms with Gasteiger partial charge in [0, 0.05) is 10.8 Å². The fourth-order valence-electron chi connectivity index (χ4n) is 1.68. The molecule has 0 aliphatic heterocycles. The van der Waals surface area contributed by atoms with Gasteiger partial charge in [0.25, 0.3) is 0 Å². The number of fused-ring (bicyclic) bond motifs is 1. The summed E-state index contributed by atoms with van der Waals surface area (Å²) in [5.41, 5.74) is 3.12. The van der Waals surface area contributed by atoms with E-state index < -0.39 is 7.12 Å². The predicted molar refractivity (Wildman–Crippen MR) is 55.4 cm³/mol. The first-order chi connectivity index (χ1) is 6.61. The Bertz CT molecular complexity index is 479. The first kappa shape index (κ1) is 9.24. The summed E-state index contributed by atoms with van der Waals surface area (Å²) in [5, 5.41) is 26.1. The number of nitrogens with zero attached hydrogens (tertiary/aromatic N) is 1. The molecular formula is C9H11BN2O2. The van der Waals surface area contributed by atoms with Crippen molar-refractivity contribution in [3.05, 3.63) is 23.4 Å². The van der Waals surface area contributed by atoms with Gasteiger partial charge in [-0.3, -0.25) is 5.10 Å². The standard InChI is InChI=1S/C9H11BN2O2/c1-5-3-7-4-11-12-9(7)8(6(5)2)10(13)14/h3-4,13-14H,1-2H3,(H,11,12). The average Bonchev–Trinajstić information content (AvgIpc) is 2.52. The Labute approximate surface area is 81.7 Å². The molecule has 0 unspecified atom stereocenters. The van der Waals surface area contributed by atoms with E-state index in [1.807, 2.05) is 19.9 Å². The Kier molecular flexibility index (Phi) is 2.05. The largest absolute Gasteiger partial charge is 0.490 e. The van der Waals surface area contributed by atoms with Crippen LogP contribution in [0.3, 0.4) is 0 Å². The van der Waals surface area contributed by atoms with Crippen molar-refractivity contribution >= 4 is 23.5 Å². The lowest BCUT2D eigenvalue weighted by atomic mass is 9.75. The van der Waals surface area contributed by atoms with Gasteiger partial charge in [0.15, 0.2) is 0 Å². The molecule has 72 valence electrons. The summed E-state index contributed by atoms with van der Waals surface area (Å²) in [5.74, 6) is 0. The number of hydrogen-bond donors (Lipinski definition) is 3. The molecule has 4 nitrogen and oxygen atoms in total. The van der Waals surface area contributed by atoms with Gasteiger partial charge in [-0.1, -0.05) is 0 Å². The van der Waals surface area contributed by atoms with Crippen molar-refractivity contribution in [1.82, 2.24) is 10.2 Å². The number of benzene rings is 1. The van der Waals surface area contributed by atoms with Crippen molar-refractivity contribution in [2.75, 3.05) is 0 Å². The smallest absolute Gasteiger partial charge is 0.423 e. The SMILES string of the molecule is Cc1cc2cn[nH]c2c(B(O)O)c1C. The number of aryl methyl sites for hydroxylation is 1. The van der Waals surface area contributed by atoms with E-state index in [1.54, 1.807) is 6.20 Å². The zero-order valence-electron chi connectivity index (χ0n) is 8.07. The topological polar surface area (TPSA) is 69.1 Å². The summed E-state index contributed by atoms with van der Waals surface area (Å²) in [6, 6.07) is 1.97. The third-order valence-electron chi connectivity index (χ3n) is 2.56. The third-order valence-corrected chi connectivity index (χ3v) is 2.56. The molecule has 1 aromatic carbocycles. The highest BCUT2D eigenvalue weighted by molar-refractivity contribution is 6.62. The molecule has 0 saturated heterocycles. The van der Waals surface area contributed by atoms with Gasteiger partial charge in [0.2, 0.25) is 0 Å². The molecule has 0 radical (unpaired) electrons. The van der Waals surface area contributed by atoms with Crippen LogP contribution < -0.4 is 5.46 Å². The van der Waals surface area contributed by atoms with Crippen LogP contribution in [-0.2, 0) is 0 Å². The zero-order chi connectivity index (χ0) is 10.3. The van der Waals surface area contributed by atoms with Crippen LogP contribution in [-0.4, -0.2) is 27.4 Å². The molecule has 2 aromatic rings. The summed E-state index contributed by atoms with van der Waals surface area (Å²) in [4.78, 5) is 0. The van der Waals surface area contributed by atoms with Gasteiger partial charge in [-0.15, -0.1) is 0 Å². The van der Waals surface area contributed by atoms with Gasteiger partial charge in [-0.25, -0.2) is 0 Å². The van der Waals surface area contributed by atoms with Crippen molar-refractivity contribution in [3.8, 4) is 0 Å². The summed E-state index contributed by atoms with van der Waals surface area (Å²) >= 11 is 0. The summed E-state index contributed by atoms with van der Waals surface area (Å²) < 4.78 is 0. The van der Waals surface area contributed by atoms with Crippen LogP contribution in [0.5, 0.6) is 0 Å². The van der Waals surface area contributed by atoms with E-state index in [1.165, 1.54) is 0 Å². The molecule has 3 N–H and O–H groups in total. The number of hydrogen-bond acceptors (Lipinski definition) is 3. The lowest BCUT2D eigenvalue weighted by Crippen LogP contribution is -2.33. The van der Waals surface area contributed by atoms with E-state index in [0.29, 0.717) is 11.0 Å². The molecule has 1 aromatic heterocycles. The minimum Gasteiger partial charge on any atom is -0.423 e. The highest BCUT2D eigenvalue weighted by Crippen LogP contribution is 2.14. The monoisotopic (exact) mass is 190 g/mol. The summed E-state index contributed by atoms with van der Waals surface area (Å²) in [6.07, 6.45) is 1.67. The van der Waals surface area contributed by atoms with Crippen LogP contribution in [0.15, 0.2) is 12.3 Å². The van der Waals surface area contributed by atoms with Crippen molar-refractivity contribution in [2.45, 2.75) is 13.8 Å². The van der Waals surface area contributed by atoms with Crippen molar-refractivity contribution in [1.29, 1.82) is 0 Å². The first-order valence-corrected chi connectivity index (χ1v) is 4.40.